The molecule has 1 amide bonds. The molecule has 3 N–H and O–H groups in total. The summed E-state index contributed by atoms with van der Waals surface area (Å²) in [6.45, 7) is 7.92. The quantitative estimate of drug-likeness (QED) is 0.775. The highest BCUT2D eigenvalue weighted by molar-refractivity contribution is 5.92. The van der Waals surface area contributed by atoms with Crippen LogP contribution in [0.2, 0.25) is 0 Å². The molecule has 6 nitrogen and oxygen atoms in total. The third-order valence-corrected chi connectivity index (χ3v) is 2.68. The van der Waals surface area contributed by atoms with E-state index in [-0.39, 0.29) is 11.9 Å². The van der Waals surface area contributed by atoms with Crippen molar-refractivity contribution in [1.29, 1.82) is 0 Å². The van der Waals surface area contributed by atoms with E-state index in [1.807, 2.05) is 20.8 Å². The molecule has 0 bridgehead atoms. The average Bonchev–Trinajstić information content (AvgIpc) is 2.70. The Morgan fingerprint density at radius 2 is 2.05 bits per heavy atom. The molecule has 0 aliphatic rings. The van der Waals surface area contributed by atoms with Gasteiger partial charge in [-0.1, -0.05) is 6.92 Å². The average molecular weight is 281 g/mol. The standard InChI is InChI=1S/C14H23N3O3/c1-5-6-17-8-11(15)7-12(17)14(19)20-10(4)13(18)16-9(2)3/h7-10H,5-6,15H2,1-4H3,(H,16,18). The first-order valence-electron chi connectivity index (χ1n) is 6.82. The molecule has 0 spiro atoms. The second kappa shape index (κ2) is 6.98. The van der Waals surface area contributed by atoms with E-state index in [0.717, 1.165) is 6.42 Å². The lowest BCUT2D eigenvalue weighted by Crippen LogP contribution is -2.39. The third-order valence-electron chi connectivity index (χ3n) is 2.68. The number of carbonyl (C=O) groups excluding carboxylic acids is 2. The van der Waals surface area contributed by atoms with E-state index in [4.69, 9.17) is 10.5 Å². The molecule has 1 heterocycles. The molecular weight excluding hydrogens is 258 g/mol. The Morgan fingerprint density at radius 1 is 1.40 bits per heavy atom. The van der Waals surface area contributed by atoms with Gasteiger partial charge in [-0.2, -0.15) is 0 Å². The molecule has 20 heavy (non-hydrogen) atoms. The van der Waals surface area contributed by atoms with Crippen molar-refractivity contribution in [1.82, 2.24) is 9.88 Å². The highest BCUT2D eigenvalue weighted by Crippen LogP contribution is 2.13. The Labute approximate surface area is 119 Å². The van der Waals surface area contributed by atoms with Gasteiger partial charge < -0.3 is 20.4 Å². The molecule has 0 aliphatic carbocycles. The largest absolute Gasteiger partial charge is 0.448 e. The maximum absolute atomic E-state index is 12.1. The zero-order valence-corrected chi connectivity index (χ0v) is 12.5. The van der Waals surface area contributed by atoms with Crippen molar-refractivity contribution in [2.24, 2.45) is 0 Å². The minimum atomic E-state index is -0.837. The van der Waals surface area contributed by atoms with E-state index in [1.165, 1.54) is 0 Å². The van der Waals surface area contributed by atoms with Gasteiger partial charge in [-0.15, -0.1) is 0 Å². The monoisotopic (exact) mass is 281 g/mol. The Morgan fingerprint density at radius 3 is 2.60 bits per heavy atom. The number of esters is 1. The molecule has 0 aliphatic heterocycles. The van der Waals surface area contributed by atoms with Gasteiger partial charge >= 0.3 is 5.97 Å². The third kappa shape index (κ3) is 4.29. The van der Waals surface area contributed by atoms with Crippen LogP contribution in [0.15, 0.2) is 12.3 Å². The Hall–Kier alpha value is -1.98. The predicted octanol–water partition coefficient (Wildman–Crippen LogP) is 1.55. The summed E-state index contributed by atoms with van der Waals surface area (Å²) < 4.78 is 6.91. The van der Waals surface area contributed by atoms with Crippen molar-refractivity contribution in [2.75, 3.05) is 5.73 Å². The molecule has 0 saturated carbocycles. The lowest BCUT2D eigenvalue weighted by Gasteiger charge is -2.16. The first-order valence-corrected chi connectivity index (χ1v) is 6.82. The highest BCUT2D eigenvalue weighted by atomic mass is 16.5. The van der Waals surface area contributed by atoms with Crippen molar-refractivity contribution >= 4 is 17.6 Å². The van der Waals surface area contributed by atoms with Crippen LogP contribution in [-0.2, 0) is 16.1 Å². The number of hydrogen-bond acceptors (Lipinski definition) is 4. The lowest BCUT2D eigenvalue weighted by atomic mass is 10.3. The van der Waals surface area contributed by atoms with Gasteiger partial charge in [-0.25, -0.2) is 4.79 Å². The maximum atomic E-state index is 12.1. The van der Waals surface area contributed by atoms with E-state index in [9.17, 15) is 9.59 Å². The van der Waals surface area contributed by atoms with Crippen LogP contribution in [0.25, 0.3) is 0 Å². The van der Waals surface area contributed by atoms with E-state index in [1.54, 1.807) is 23.8 Å². The minimum Gasteiger partial charge on any atom is -0.448 e. The Kier molecular flexibility index (Phi) is 5.61. The van der Waals surface area contributed by atoms with Gasteiger partial charge in [0, 0.05) is 18.8 Å². The predicted molar refractivity (Wildman–Crippen MR) is 77.3 cm³/mol. The molecule has 1 atom stereocenters. The fourth-order valence-electron chi connectivity index (χ4n) is 1.81. The number of nitrogens with zero attached hydrogens (tertiary/aromatic N) is 1. The summed E-state index contributed by atoms with van der Waals surface area (Å²) in [6.07, 6.45) is 1.73. The fourth-order valence-corrected chi connectivity index (χ4v) is 1.81. The number of nitrogen functional groups attached to an aromatic ring is 1. The number of anilines is 1. The molecule has 0 fully saturated rings. The summed E-state index contributed by atoms with van der Waals surface area (Å²) in [6, 6.07) is 1.56. The Balaban J connectivity index is 2.73. The normalized spacial score (nSPS) is 12.2. The van der Waals surface area contributed by atoms with Crippen LogP contribution in [-0.4, -0.2) is 28.6 Å². The Bertz CT molecular complexity index is 480. The van der Waals surface area contributed by atoms with Gasteiger partial charge in [0.1, 0.15) is 5.69 Å². The van der Waals surface area contributed by atoms with Crippen molar-refractivity contribution in [3.05, 3.63) is 18.0 Å². The summed E-state index contributed by atoms with van der Waals surface area (Å²) in [5.74, 6) is -0.850. The van der Waals surface area contributed by atoms with Crippen LogP contribution in [0.4, 0.5) is 5.69 Å². The number of nitrogens with two attached hydrogens (primary N) is 1. The topological polar surface area (TPSA) is 86.3 Å². The first kappa shape index (κ1) is 16.1. The molecule has 1 aromatic heterocycles. The number of hydrogen-bond donors (Lipinski definition) is 2. The van der Waals surface area contributed by atoms with Crippen LogP contribution in [0.1, 0.15) is 44.6 Å². The number of rotatable bonds is 6. The summed E-state index contributed by atoms with van der Waals surface area (Å²) >= 11 is 0. The summed E-state index contributed by atoms with van der Waals surface area (Å²) in [5, 5.41) is 2.70. The molecule has 0 aromatic carbocycles. The number of carbonyl (C=O) groups is 2. The second-order valence-electron chi connectivity index (χ2n) is 5.06. The lowest BCUT2D eigenvalue weighted by molar-refractivity contribution is -0.129. The van der Waals surface area contributed by atoms with Crippen LogP contribution in [0.3, 0.4) is 0 Å². The number of aromatic nitrogens is 1. The molecule has 0 radical (unpaired) electrons. The smallest absolute Gasteiger partial charge is 0.355 e. The highest BCUT2D eigenvalue weighted by Gasteiger charge is 2.21. The van der Waals surface area contributed by atoms with Crippen LogP contribution >= 0.6 is 0 Å². The van der Waals surface area contributed by atoms with E-state index >= 15 is 0 Å². The van der Waals surface area contributed by atoms with Gasteiger partial charge in [0.05, 0.1) is 5.69 Å². The zero-order chi connectivity index (χ0) is 15.3. The molecule has 1 aromatic rings. The van der Waals surface area contributed by atoms with Gasteiger partial charge in [-0.05, 0) is 33.3 Å². The molecular formula is C14H23N3O3. The number of aryl methyl sites for hydroxylation is 1. The van der Waals surface area contributed by atoms with Crippen molar-refractivity contribution < 1.29 is 14.3 Å². The molecule has 0 saturated heterocycles. The van der Waals surface area contributed by atoms with E-state index in [2.05, 4.69) is 5.32 Å². The second-order valence-corrected chi connectivity index (χ2v) is 5.06. The van der Waals surface area contributed by atoms with Gasteiger partial charge in [0.25, 0.3) is 5.91 Å². The van der Waals surface area contributed by atoms with Crippen LogP contribution in [0.5, 0.6) is 0 Å². The van der Waals surface area contributed by atoms with E-state index < -0.39 is 12.1 Å². The van der Waals surface area contributed by atoms with Crippen LogP contribution in [0, 0.1) is 0 Å². The zero-order valence-electron chi connectivity index (χ0n) is 12.5. The maximum Gasteiger partial charge on any atom is 0.355 e. The molecule has 1 rings (SSSR count). The SMILES string of the molecule is CCCn1cc(N)cc1C(=O)OC(C)C(=O)NC(C)C. The van der Waals surface area contributed by atoms with Crippen molar-refractivity contribution in [2.45, 2.75) is 52.8 Å². The summed E-state index contributed by atoms with van der Waals surface area (Å²) in [7, 11) is 0. The minimum absolute atomic E-state index is 0.00301. The van der Waals surface area contributed by atoms with Crippen molar-refractivity contribution in [3.63, 3.8) is 0 Å². The number of nitrogens with one attached hydrogen (secondary N) is 1. The van der Waals surface area contributed by atoms with Crippen molar-refractivity contribution in [3.8, 4) is 0 Å². The van der Waals surface area contributed by atoms with Gasteiger partial charge in [0.15, 0.2) is 6.10 Å². The van der Waals surface area contributed by atoms with Gasteiger partial charge in [-0.3, -0.25) is 4.79 Å². The number of ether oxygens (including phenoxy) is 1. The van der Waals surface area contributed by atoms with Crippen LogP contribution < -0.4 is 11.1 Å². The first-order chi connectivity index (χ1) is 9.35. The molecule has 112 valence electrons. The van der Waals surface area contributed by atoms with Gasteiger partial charge in [0.2, 0.25) is 0 Å². The summed E-state index contributed by atoms with van der Waals surface area (Å²) in [4.78, 5) is 23.8. The molecule has 1 unspecified atom stereocenters. The number of amides is 1. The molecule has 6 heteroatoms. The summed E-state index contributed by atoms with van der Waals surface area (Å²) in [5.41, 5.74) is 6.57. The van der Waals surface area contributed by atoms with E-state index in [0.29, 0.717) is 17.9 Å². The fraction of sp³-hybridized carbons (Fsp3) is 0.571.